The number of piperazine rings is 1. The highest BCUT2D eigenvalue weighted by Crippen LogP contribution is 2.25. The van der Waals surface area contributed by atoms with Gasteiger partial charge in [-0.15, -0.1) is 0 Å². The van der Waals surface area contributed by atoms with Gasteiger partial charge in [-0.2, -0.15) is 0 Å². The van der Waals surface area contributed by atoms with Gasteiger partial charge >= 0.3 is 0 Å². The maximum atomic E-state index is 12.3. The van der Waals surface area contributed by atoms with E-state index in [2.05, 4.69) is 5.32 Å². The summed E-state index contributed by atoms with van der Waals surface area (Å²) >= 11 is 6.05. The van der Waals surface area contributed by atoms with Gasteiger partial charge in [0.25, 0.3) is 0 Å². The summed E-state index contributed by atoms with van der Waals surface area (Å²) in [6, 6.07) is 11.2. The molecule has 1 heterocycles. The number of halogens is 1. The second-order valence-electron chi connectivity index (χ2n) is 6.71. The van der Waals surface area contributed by atoms with Crippen molar-refractivity contribution in [2.75, 3.05) is 44.6 Å². The number of nitrogens with zero attached hydrogens (tertiary/aromatic N) is 2. The lowest BCUT2D eigenvalue weighted by molar-refractivity contribution is -0.117. The molecule has 0 atom stereocenters. The number of amides is 1. The SMILES string of the molecule is O=C(CN1CCN(CC(=O)c2ccc(O)c(O)c2)CC1)Nc1ccccc1Cl. The third kappa shape index (κ3) is 5.22. The Balaban J connectivity index is 1.45. The number of para-hydroxylation sites is 1. The predicted molar refractivity (Wildman–Crippen MR) is 107 cm³/mol. The van der Waals surface area contributed by atoms with Crippen LogP contribution in [0.2, 0.25) is 5.02 Å². The first-order chi connectivity index (χ1) is 13.4. The van der Waals surface area contributed by atoms with Gasteiger partial charge in [0, 0.05) is 31.7 Å². The van der Waals surface area contributed by atoms with Gasteiger partial charge in [0.15, 0.2) is 17.3 Å². The highest BCUT2D eigenvalue weighted by molar-refractivity contribution is 6.33. The molecule has 3 rings (SSSR count). The Morgan fingerprint density at radius 1 is 0.929 bits per heavy atom. The van der Waals surface area contributed by atoms with Crippen molar-refractivity contribution in [3.63, 3.8) is 0 Å². The van der Waals surface area contributed by atoms with Crippen LogP contribution in [0.5, 0.6) is 11.5 Å². The summed E-state index contributed by atoms with van der Waals surface area (Å²) in [7, 11) is 0. The van der Waals surface area contributed by atoms with E-state index in [1.165, 1.54) is 18.2 Å². The molecule has 148 valence electrons. The summed E-state index contributed by atoms with van der Waals surface area (Å²) < 4.78 is 0. The molecule has 8 heteroatoms. The summed E-state index contributed by atoms with van der Waals surface area (Å²) in [4.78, 5) is 28.6. The van der Waals surface area contributed by atoms with Crippen molar-refractivity contribution >= 4 is 29.0 Å². The third-order valence-corrected chi connectivity index (χ3v) is 4.97. The fraction of sp³-hybridized carbons (Fsp3) is 0.300. The van der Waals surface area contributed by atoms with Crippen molar-refractivity contribution in [1.82, 2.24) is 9.80 Å². The molecule has 1 aliphatic heterocycles. The molecule has 0 saturated carbocycles. The molecule has 1 amide bonds. The van der Waals surface area contributed by atoms with Gasteiger partial charge in [0.1, 0.15) is 0 Å². The Kier molecular flexibility index (Phi) is 6.51. The van der Waals surface area contributed by atoms with Crippen molar-refractivity contribution in [2.24, 2.45) is 0 Å². The predicted octanol–water partition coefficient (Wildman–Crippen LogP) is 2.19. The van der Waals surface area contributed by atoms with E-state index in [0.717, 1.165) is 0 Å². The molecular formula is C20H22ClN3O4. The number of carbonyl (C=O) groups excluding carboxylic acids is 2. The lowest BCUT2D eigenvalue weighted by Gasteiger charge is -2.33. The van der Waals surface area contributed by atoms with Crippen LogP contribution >= 0.6 is 11.6 Å². The number of benzene rings is 2. The first kappa shape index (κ1) is 20.1. The van der Waals surface area contributed by atoms with Gasteiger partial charge in [-0.3, -0.25) is 19.4 Å². The Bertz CT molecular complexity index is 866. The summed E-state index contributed by atoms with van der Waals surface area (Å²) in [5, 5.41) is 22.2. The maximum absolute atomic E-state index is 12.3. The fourth-order valence-electron chi connectivity index (χ4n) is 3.05. The minimum Gasteiger partial charge on any atom is -0.504 e. The molecule has 0 unspecified atom stereocenters. The van der Waals surface area contributed by atoms with Crippen LogP contribution in [0.15, 0.2) is 42.5 Å². The monoisotopic (exact) mass is 403 g/mol. The van der Waals surface area contributed by atoms with E-state index in [-0.39, 0.29) is 36.3 Å². The van der Waals surface area contributed by atoms with Crippen LogP contribution in [0.4, 0.5) is 5.69 Å². The summed E-state index contributed by atoms with van der Waals surface area (Å²) in [5.41, 5.74) is 0.951. The average molecular weight is 404 g/mol. The molecule has 0 aliphatic carbocycles. The quantitative estimate of drug-likeness (QED) is 0.505. The molecule has 2 aromatic rings. The standard InChI is InChI=1S/C20H22ClN3O4/c21-15-3-1-2-4-16(15)22-20(28)13-24-9-7-23(8-10-24)12-19(27)14-5-6-17(25)18(26)11-14/h1-6,11,25-26H,7-10,12-13H2,(H,22,28). The van der Waals surface area contributed by atoms with Crippen LogP contribution in [0.3, 0.4) is 0 Å². The molecular weight excluding hydrogens is 382 g/mol. The van der Waals surface area contributed by atoms with Crippen molar-refractivity contribution in [3.8, 4) is 11.5 Å². The highest BCUT2D eigenvalue weighted by atomic mass is 35.5. The molecule has 0 bridgehead atoms. The molecule has 1 aliphatic rings. The molecule has 3 N–H and O–H groups in total. The number of nitrogens with one attached hydrogen (secondary N) is 1. The highest BCUT2D eigenvalue weighted by Gasteiger charge is 2.21. The van der Waals surface area contributed by atoms with E-state index in [0.29, 0.717) is 42.5 Å². The molecule has 0 aromatic heterocycles. The van der Waals surface area contributed by atoms with Crippen molar-refractivity contribution in [1.29, 1.82) is 0 Å². The molecule has 1 fully saturated rings. The number of phenols is 2. The van der Waals surface area contributed by atoms with Gasteiger partial charge in [-0.1, -0.05) is 23.7 Å². The molecule has 28 heavy (non-hydrogen) atoms. The largest absolute Gasteiger partial charge is 0.504 e. The van der Waals surface area contributed by atoms with Crippen molar-refractivity contribution in [2.45, 2.75) is 0 Å². The lowest BCUT2D eigenvalue weighted by Crippen LogP contribution is -2.49. The molecule has 0 spiro atoms. The number of phenolic OH excluding ortho intramolecular Hbond substituents is 2. The number of aromatic hydroxyl groups is 2. The minimum absolute atomic E-state index is 0.125. The molecule has 1 saturated heterocycles. The van der Waals surface area contributed by atoms with Crippen LogP contribution in [-0.4, -0.2) is 71.0 Å². The Morgan fingerprint density at radius 3 is 2.21 bits per heavy atom. The zero-order valence-corrected chi connectivity index (χ0v) is 16.0. The van der Waals surface area contributed by atoms with Crippen LogP contribution in [0.1, 0.15) is 10.4 Å². The normalized spacial score (nSPS) is 15.3. The Hall–Kier alpha value is -2.61. The van der Waals surface area contributed by atoms with Crippen LogP contribution in [-0.2, 0) is 4.79 Å². The van der Waals surface area contributed by atoms with E-state index in [9.17, 15) is 19.8 Å². The molecule has 2 aromatic carbocycles. The number of carbonyl (C=O) groups is 2. The van der Waals surface area contributed by atoms with E-state index >= 15 is 0 Å². The van der Waals surface area contributed by atoms with Crippen LogP contribution in [0, 0.1) is 0 Å². The zero-order chi connectivity index (χ0) is 20.1. The number of ketones is 1. The maximum Gasteiger partial charge on any atom is 0.238 e. The number of anilines is 1. The van der Waals surface area contributed by atoms with Gasteiger partial charge in [0.05, 0.1) is 23.8 Å². The van der Waals surface area contributed by atoms with Gasteiger partial charge < -0.3 is 15.5 Å². The first-order valence-corrected chi connectivity index (χ1v) is 9.34. The second-order valence-corrected chi connectivity index (χ2v) is 7.11. The second kappa shape index (κ2) is 9.05. The van der Waals surface area contributed by atoms with E-state index in [1.54, 1.807) is 18.2 Å². The minimum atomic E-state index is -0.305. The first-order valence-electron chi connectivity index (χ1n) is 8.96. The van der Waals surface area contributed by atoms with Gasteiger partial charge in [-0.25, -0.2) is 0 Å². The fourth-order valence-corrected chi connectivity index (χ4v) is 3.24. The number of hydrogen-bond acceptors (Lipinski definition) is 6. The summed E-state index contributed by atoms with van der Waals surface area (Å²) in [6.07, 6.45) is 0. The lowest BCUT2D eigenvalue weighted by atomic mass is 10.1. The molecule has 0 radical (unpaired) electrons. The molecule has 7 nitrogen and oxygen atoms in total. The number of hydrogen-bond donors (Lipinski definition) is 3. The van der Waals surface area contributed by atoms with Crippen molar-refractivity contribution < 1.29 is 19.8 Å². The van der Waals surface area contributed by atoms with Gasteiger partial charge in [-0.05, 0) is 30.3 Å². The van der Waals surface area contributed by atoms with Crippen LogP contribution in [0.25, 0.3) is 0 Å². The zero-order valence-electron chi connectivity index (χ0n) is 15.3. The third-order valence-electron chi connectivity index (χ3n) is 4.64. The summed E-state index contributed by atoms with van der Waals surface area (Å²) in [5.74, 6) is -0.808. The average Bonchev–Trinajstić information content (AvgIpc) is 2.67. The smallest absolute Gasteiger partial charge is 0.238 e. The van der Waals surface area contributed by atoms with Gasteiger partial charge in [0.2, 0.25) is 5.91 Å². The topological polar surface area (TPSA) is 93.1 Å². The van der Waals surface area contributed by atoms with Crippen molar-refractivity contribution in [3.05, 3.63) is 53.1 Å². The van der Waals surface area contributed by atoms with E-state index < -0.39 is 0 Å². The Labute approximate surface area is 168 Å². The van der Waals surface area contributed by atoms with E-state index in [4.69, 9.17) is 11.6 Å². The number of Topliss-reactive ketones (excluding diaryl/α,β-unsaturated/α-hetero) is 1. The van der Waals surface area contributed by atoms with E-state index in [1.807, 2.05) is 15.9 Å². The number of rotatable bonds is 6. The summed E-state index contributed by atoms with van der Waals surface area (Å²) in [6.45, 7) is 3.15. The Morgan fingerprint density at radius 2 is 1.57 bits per heavy atom. The van der Waals surface area contributed by atoms with Crippen LogP contribution < -0.4 is 5.32 Å².